The summed E-state index contributed by atoms with van der Waals surface area (Å²) in [4.78, 5) is 35.0. The molecule has 0 aliphatic carbocycles. The summed E-state index contributed by atoms with van der Waals surface area (Å²) in [5.74, 6) is -2.60. The van der Waals surface area contributed by atoms with Crippen LogP contribution in [0, 0.1) is 0 Å². The molecule has 0 aromatic heterocycles. The number of carbonyl (C=O) groups excluding carboxylic acids is 3. The summed E-state index contributed by atoms with van der Waals surface area (Å²) in [6.45, 7) is 0.941. The lowest BCUT2D eigenvalue weighted by molar-refractivity contribution is -0.153. The van der Waals surface area contributed by atoms with Crippen molar-refractivity contribution in [3.8, 4) is 5.75 Å². The van der Waals surface area contributed by atoms with Crippen molar-refractivity contribution in [2.24, 2.45) is 0 Å². The predicted molar refractivity (Wildman–Crippen MR) is 92.6 cm³/mol. The molecule has 0 bridgehead atoms. The summed E-state index contributed by atoms with van der Waals surface area (Å²) in [5, 5.41) is 12.7. The number of alkyl halides is 2. The average Bonchev–Trinajstić information content (AvgIpc) is 2.66. The molecular weight excluding hydrogens is 379 g/mol. The molecule has 2 N–H and O–H groups in total. The Bertz CT molecular complexity index is 731. The standard InChI is InChI=1S/C17H20BF2NO7/c1-2-14(22)21-12-8-10-4-3-5-11(16(10)28-18(12)25)17(24)27-9-26-15(23)7-6-13(19)20/h3-5,12-13,25H,2,6-9H2,1H3,(H,21,22)/t12-/m0/s1. The Labute approximate surface area is 160 Å². The number of ether oxygens (including phenoxy) is 2. The minimum absolute atomic E-state index is 0.000414. The van der Waals surface area contributed by atoms with Crippen LogP contribution >= 0.6 is 0 Å². The highest BCUT2D eigenvalue weighted by Crippen LogP contribution is 2.30. The summed E-state index contributed by atoms with van der Waals surface area (Å²) in [5.41, 5.74) is 0.579. The molecule has 28 heavy (non-hydrogen) atoms. The Kier molecular flexibility index (Phi) is 7.74. The van der Waals surface area contributed by atoms with Gasteiger partial charge in [-0.05, 0) is 18.1 Å². The fourth-order valence-electron chi connectivity index (χ4n) is 2.54. The van der Waals surface area contributed by atoms with Crippen LogP contribution in [0.15, 0.2) is 18.2 Å². The van der Waals surface area contributed by atoms with E-state index in [0.717, 1.165) is 0 Å². The van der Waals surface area contributed by atoms with Crippen molar-refractivity contribution in [2.45, 2.75) is 45.0 Å². The maximum absolute atomic E-state index is 12.2. The van der Waals surface area contributed by atoms with Crippen LogP contribution in [0.2, 0.25) is 0 Å². The lowest BCUT2D eigenvalue weighted by Crippen LogP contribution is -2.53. The molecule has 1 aliphatic heterocycles. The van der Waals surface area contributed by atoms with Crippen LogP contribution < -0.4 is 9.97 Å². The van der Waals surface area contributed by atoms with Gasteiger partial charge in [-0.25, -0.2) is 13.6 Å². The molecule has 1 aliphatic rings. The van der Waals surface area contributed by atoms with Crippen LogP contribution in [0.3, 0.4) is 0 Å². The van der Waals surface area contributed by atoms with Crippen LogP contribution in [-0.2, 0) is 25.5 Å². The van der Waals surface area contributed by atoms with E-state index >= 15 is 0 Å². The maximum atomic E-state index is 12.2. The number of amides is 1. The molecule has 1 aromatic carbocycles. The van der Waals surface area contributed by atoms with E-state index in [1.807, 2.05) is 0 Å². The number of hydrogen-bond acceptors (Lipinski definition) is 7. The molecule has 1 amide bonds. The number of nitrogens with one attached hydrogen (secondary N) is 1. The number of benzene rings is 1. The second-order valence-corrected chi connectivity index (χ2v) is 6.03. The normalized spacial score (nSPS) is 15.5. The lowest BCUT2D eigenvalue weighted by Gasteiger charge is -2.29. The van der Waals surface area contributed by atoms with E-state index in [9.17, 15) is 28.2 Å². The van der Waals surface area contributed by atoms with Gasteiger partial charge in [-0.15, -0.1) is 0 Å². The molecule has 1 aromatic rings. The molecule has 11 heteroatoms. The van der Waals surface area contributed by atoms with Gasteiger partial charge in [0, 0.05) is 12.8 Å². The second-order valence-electron chi connectivity index (χ2n) is 6.03. The number of para-hydroxylation sites is 1. The van der Waals surface area contributed by atoms with Gasteiger partial charge >= 0.3 is 19.1 Å². The van der Waals surface area contributed by atoms with Crippen LogP contribution in [0.4, 0.5) is 8.78 Å². The fraction of sp³-hybridized carbons (Fsp3) is 0.471. The first-order valence-corrected chi connectivity index (χ1v) is 8.68. The third kappa shape index (κ3) is 5.91. The number of fused-ring (bicyclic) bond motifs is 1. The Morgan fingerprint density at radius 1 is 1.36 bits per heavy atom. The number of carbonyl (C=O) groups is 3. The quantitative estimate of drug-likeness (QED) is 0.384. The molecule has 2 rings (SSSR count). The fourth-order valence-corrected chi connectivity index (χ4v) is 2.54. The number of hydrogen-bond donors (Lipinski definition) is 2. The van der Waals surface area contributed by atoms with E-state index in [0.29, 0.717) is 5.56 Å². The Morgan fingerprint density at radius 3 is 2.79 bits per heavy atom. The van der Waals surface area contributed by atoms with Crippen molar-refractivity contribution in [1.82, 2.24) is 5.32 Å². The van der Waals surface area contributed by atoms with Gasteiger partial charge in [-0.3, -0.25) is 9.59 Å². The molecule has 0 saturated heterocycles. The molecule has 8 nitrogen and oxygen atoms in total. The van der Waals surface area contributed by atoms with E-state index < -0.39 is 51.1 Å². The second kappa shape index (κ2) is 10.0. The average molecular weight is 399 g/mol. The lowest BCUT2D eigenvalue weighted by atomic mass is 9.72. The molecular formula is C17H20BF2NO7. The minimum Gasteiger partial charge on any atom is -0.534 e. The van der Waals surface area contributed by atoms with Gasteiger partial charge in [0.15, 0.2) is 0 Å². The highest BCUT2D eigenvalue weighted by Gasteiger charge is 2.37. The van der Waals surface area contributed by atoms with E-state index in [2.05, 4.69) is 10.1 Å². The van der Waals surface area contributed by atoms with Gasteiger partial charge in [-0.1, -0.05) is 19.1 Å². The molecule has 1 atom stereocenters. The highest BCUT2D eigenvalue weighted by molar-refractivity contribution is 6.47. The van der Waals surface area contributed by atoms with Crippen LogP contribution in [0.1, 0.15) is 42.1 Å². The summed E-state index contributed by atoms with van der Waals surface area (Å²) in [7, 11) is -1.36. The number of rotatable bonds is 8. The zero-order valence-electron chi connectivity index (χ0n) is 15.2. The summed E-state index contributed by atoms with van der Waals surface area (Å²) in [6, 6.07) is 4.65. The molecule has 0 unspecified atom stereocenters. The first-order chi connectivity index (χ1) is 13.3. The Hall–Kier alpha value is -2.69. The predicted octanol–water partition coefficient (Wildman–Crippen LogP) is 1.24. The molecule has 1 heterocycles. The zero-order valence-corrected chi connectivity index (χ0v) is 15.2. The third-order valence-corrected chi connectivity index (χ3v) is 3.98. The van der Waals surface area contributed by atoms with Gasteiger partial charge in [0.2, 0.25) is 19.1 Å². The van der Waals surface area contributed by atoms with Crippen molar-refractivity contribution >= 4 is 25.0 Å². The summed E-state index contributed by atoms with van der Waals surface area (Å²) in [6.07, 6.45) is -3.26. The molecule has 152 valence electrons. The monoisotopic (exact) mass is 399 g/mol. The van der Waals surface area contributed by atoms with Crippen LogP contribution in [-0.4, -0.2) is 49.1 Å². The first kappa shape index (κ1) is 21.6. The number of esters is 2. The minimum atomic E-state index is -2.62. The van der Waals surface area contributed by atoms with Crippen molar-refractivity contribution in [3.63, 3.8) is 0 Å². The zero-order chi connectivity index (χ0) is 20.7. The van der Waals surface area contributed by atoms with Gasteiger partial charge in [0.1, 0.15) is 11.3 Å². The first-order valence-electron chi connectivity index (χ1n) is 8.68. The largest absolute Gasteiger partial charge is 0.547 e. The highest BCUT2D eigenvalue weighted by atomic mass is 19.3. The molecule has 0 spiro atoms. The smallest absolute Gasteiger partial charge is 0.534 e. The van der Waals surface area contributed by atoms with Crippen molar-refractivity contribution in [2.75, 3.05) is 6.79 Å². The van der Waals surface area contributed by atoms with E-state index in [1.54, 1.807) is 19.1 Å². The van der Waals surface area contributed by atoms with E-state index in [4.69, 9.17) is 9.39 Å². The molecule has 0 fully saturated rings. The van der Waals surface area contributed by atoms with Crippen molar-refractivity contribution < 1.29 is 42.3 Å². The maximum Gasteiger partial charge on any atom is 0.547 e. The van der Waals surface area contributed by atoms with Crippen molar-refractivity contribution in [3.05, 3.63) is 29.3 Å². The Morgan fingerprint density at radius 2 is 2.11 bits per heavy atom. The van der Waals surface area contributed by atoms with Gasteiger partial charge < -0.3 is 24.5 Å². The molecule has 0 radical (unpaired) electrons. The molecule has 0 saturated carbocycles. The Balaban J connectivity index is 1.97. The van der Waals surface area contributed by atoms with Crippen LogP contribution in [0.5, 0.6) is 5.75 Å². The SMILES string of the molecule is CCC(=O)N[C@H]1Cc2cccc(C(=O)OCOC(=O)CCC(F)F)c2OB1O. The van der Waals surface area contributed by atoms with Crippen LogP contribution in [0.25, 0.3) is 0 Å². The van der Waals surface area contributed by atoms with Gasteiger partial charge in [0.25, 0.3) is 0 Å². The van der Waals surface area contributed by atoms with Crippen molar-refractivity contribution in [1.29, 1.82) is 0 Å². The third-order valence-electron chi connectivity index (χ3n) is 3.98. The van der Waals surface area contributed by atoms with Gasteiger partial charge in [0.05, 0.1) is 12.4 Å². The summed E-state index contributed by atoms with van der Waals surface area (Å²) < 4.78 is 38.8. The van der Waals surface area contributed by atoms with E-state index in [1.165, 1.54) is 6.07 Å². The van der Waals surface area contributed by atoms with E-state index in [-0.39, 0.29) is 30.1 Å². The topological polar surface area (TPSA) is 111 Å². The van der Waals surface area contributed by atoms with Gasteiger partial charge in [-0.2, -0.15) is 0 Å². The number of halogens is 2. The summed E-state index contributed by atoms with van der Waals surface area (Å²) >= 11 is 0.